The molecule has 0 spiro atoms. The van der Waals surface area contributed by atoms with Crippen LogP contribution in [0.25, 0.3) is 11.6 Å². The maximum atomic E-state index is 12.5. The molecule has 5 nitrogen and oxygen atoms in total. The van der Waals surface area contributed by atoms with E-state index in [0.29, 0.717) is 5.56 Å². The first-order valence-electron chi connectivity index (χ1n) is 6.41. The van der Waals surface area contributed by atoms with E-state index in [2.05, 4.69) is 4.98 Å². The summed E-state index contributed by atoms with van der Waals surface area (Å²) in [5.74, 6) is 0.0107. The molecule has 0 saturated heterocycles. The summed E-state index contributed by atoms with van der Waals surface area (Å²) in [5, 5.41) is 18.9. The van der Waals surface area contributed by atoms with Crippen LogP contribution in [-0.2, 0) is 6.54 Å². The molecular weight excluding hydrogens is 311 g/mol. The highest BCUT2D eigenvalue weighted by Crippen LogP contribution is 2.28. The van der Waals surface area contributed by atoms with Gasteiger partial charge in [-0.25, -0.2) is 4.98 Å². The van der Waals surface area contributed by atoms with Crippen LogP contribution >= 0.6 is 0 Å². The van der Waals surface area contributed by atoms with Crippen molar-refractivity contribution < 1.29 is 23.0 Å². The number of benzene rings is 1. The van der Waals surface area contributed by atoms with Gasteiger partial charge in [-0.15, -0.1) is 0 Å². The number of hydrogen-bond donors (Lipinski definition) is 1. The summed E-state index contributed by atoms with van der Waals surface area (Å²) in [4.78, 5) is 3.81. The van der Waals surface area contributed by atoms with Crippen LogP contribution in [0.2, 0.25) is 0 Å². The van der Waals surface area contributed by atoms with Gasteiger partial charge >= 0.3 is 6.18 Å². The summed E-state index contributed by atoms with van der Waals surface area (Å²) in [7, 11) is 1.39. The molecule has 0 unspecified atom stereocenters. The summed E-state index contributed by atoms with van der Waals surface area (Å²) in [6, 6.07) is 6.21. The van der Waals surface area contributed by atoms with Gasteiger partial charge in [-0.1, -0.05) is 6.07 Å². The van der Waals surface area contributed by atoms with Gasteiger partial charge in [-0.3, -0.25) is 0 Å². The van der Waals surface area contributed by atoms with E-state index < -0.39 is 12.7 Å². The molecule has 1 aromatic heterocycles. The number of nitriles is 1. The fourth-order valence-electron chi connectivity index (χ4n) is 1.98. The summed E-state index contributed by atoms with van der Waals surface area (Å²) in [5.41, 5.74) is 0.380. The Bertz CT molecular complexity index is 773. The second-order valence-electron chi connectivity index (χ2n) is 4.60. The third-order valence-electron chi connectivity index (χ3n) is 2.94. The maximum absolute atomic E-state index is 12.5. The molecule has 0 atom stereocenters. The van der Waals surface area contributed by atoms with Crippen LogP contribution in [0.1, 0.15) is 11.4 Å². The van der Waals surface area contributed by atoms with E-state index in [9.17, 15) is 23.5 Å². The van der Waals surface area contributed by atoms with E-state index in [4.69, 9.17) is 4.74 Å². The SMILES string of the molecule is COc1ccc(/C=C(\C#N)c2nccn2CC(F)(F)F)cc1O. The summed E-state index contributed by atoms with van der Waals surface area (Å²) < 4.78 is 43.3. The van der Waals surface area contributed by atoms with E-state index in [0.717, 1.165) is 10.8 Å². The third-order valence-corrected chi connectivity index (χ3v) is 2.94. The molecule has 1 heterocycles. The first kappa shape index (κ1) is 16.4. The van der Waals surface area contributed by atoms with Gasteiger partial charge in [0.15, 0.2) is 17.3 Å². The standard InChI is InChI=1S/C15H12F3N3O2/c1-23-13-3-2-10(7-12(13)22)6-11(8-19)14-20-4-5-21(14)9-15(16,17)18/h2-7,22H,9H2,1H3/b11-6+. The number of phenolic OH excluding ortho intramolecular Hbond substituents is 1. The molecule has 0 fully saturated rings. The van der Waals surface area contributed by atoms with Gasteiger partial charge in [0.2, 0.25) is 0 Å². The fourth-order valence-corrected chi connectivity index (χ4v) is 1.98. The van der Waals surface area contributed by atoms with Crippen LogP contribution in [0.3, 0.4) is 0 Å². The first-order valence-corrected chi connectivity index (χ1v) is 6.41. The third kappa shape index (κ3) is 4.03. The first-order chi connectivity index (χ1) is 10.8. The van der Waals surface area contributed by atoms with Gasteiger partial charge in [0, 0.05) is 12.4 Å². The predicted octanol–water partition coefficient (Wildman–Crippen LogP) is 3.22. The van der Waals surface area contributed by atoms with Crippen molar-refractivity contribution in [2.45, 2.75) is 12.7 Å². The highest BCUT2D eigenvalue weighted by Gasteiger charge is 2.29. The fraction of sp³-hybridized carbons (Fsp3) is 0.200. The number of aromatic nitrogens is 2. The second kappa shape index (κ2) is 6.44. The van der Waals surface area contributed by atoms with Gasteiger partial charge in [0.05, 0.1) is 12.7 Å². The molecule has 0 aliphatic carbocycles. The normalized spacial score (nSPS) is 12.0. The zero-order chi connectivity index (χ0) is 17.0. The Morgan fingerprint density at radius 3 is 2.78 bits per heavy atom. The van der Waals surface area contributed by atoms with Crippen molar-refractivity contribution >= 4 is 11.6 Å². The molecule has 120 valence electrons. The average molecular weight is 323 g/mol. The molecule has 1 N–H and O–H groups in total. The lowest BCUT2D eigenvalue weighted by Gasteiger charge is -2.10. The number of methoxy groups -OCH3 is 1. The molecule has 2 rings (SSSR count). The molecule has 1 aromatic carbocycles. The molecule has 0 saturated carbocycles. The maximum Gasteiger partial charge on any atom is 0.406 e. The zero-order valence-electron chi connectivity index (χ0n) is 12.0. The number of ether oxygens (including phenoxy) is 1. The van der Waals surface area contributed by atoms with Crippen LogP contribution in [0.5, 0.6) is 11.5 Å². The van der Waals surface area contributed by atoms with E-state index >= 15 is 0 Å². The second-order valence-corrected chi connectivity index (χ2v) is 4.60. The van der Waals surface area contributed by atoms with Crippen LogP contribution in [0, 0.1) is 11.3 Å². The Morgan fingerprint density at radius 1 is 1.48 bits per heavy atom. The van der Waals surface area contributed by atoms with Crippen molar-refractivity contribution in [1.82, 2.24) is 9.55 Å². The number of halogens is 3. The van der Waals surface area contributed by atoms with Crippen molar-refractivity contribution in [1.29, 1.82) is 5.26 Å². The smallest absolute Gasteiger partial charge is 0.406 e. The number of nitrogens with zero attached hydrogens (tertiary/aromatic N) is 3. The zero-order valence-corrected chi connectivity index (χ0v) is 12.0. The van der Waals surface area contributed by atoms with E-state index in [-0.39, 0.29) is 22.9 Å². The number of phenols is 1. The molecule has 0 radical (unpaired) electrons. The number of allylic oxidation sites excluding steroid dienone is 1. The Kier molecular flexibility index (Phi) is 4.60. The lowest BCUT2D eigenvalue weighted by molar-refractivity contribution is -0.140. The molecule has 8 heteroatoms. The van der Waals surface area contributed by atoms with Crippen LogP contribution in [-0.4, -0.2) is 27.9 Å². The van der Waals surface area contributed by atoms with Crippen molar-refractivity contribution in [3.05, 3.63) is 42.0 Å². The highest BCUT2D eigenvalue weighted by atomic mass is 19.4. The van der Waals surface area contributed by atoms with Crippen molar-refractivity contribution in [2.24, 2.45) is 0 Å². The van der Waals surface area contributed by atoms with Crippen LogP contribution < -0.4 is 4.74 Å². The van der Waals surface area contributed by atoms with Gasteiger partial charge in [-0.2, -0.15) is 18.4 Å². The molecule has 23 heavy (non-hydrogen) atoms. The van der Waals surface area contributed by atoms with Gasteiger partial charge in [-0.05, 0) is 23.8 Å². The van der Waals surface area contributed by atoms with Gasteiger partial charge in [0.25, 0.3) is 0 Å². The Balaban J connectivity index is 2.39. The lowest BCUT2D eigenvalue weighted by atomic mass is 10.1. The average Bonchev–Trinajstić information content (AvgIpc) is 2.90. The van der Waals surface area contributed by atoms with Crippen LogP contribution in [0.15, 0.2) is 30.6 Å². The van der Waals surface area contributed by atoms with Crippen molar-refractivity contribution in [3.63, 3.8) is 0 Å². The molecule has 2 aromatic rings. The molecule has 0 bridgehead atoms. The van der Waals surface area contributed by atoms with Crippen LogP contribution in [0.4, 0.5) is 13.2 Å². The monoisotopic (exact) mass is 323 g/mol. The topological polar surface area (TPSA) is 71.1 Å². The van der Waals surface area contributed by atoms with Gasteiger partial charge in [0.1, 0.15) is 12.6 Å². The van der Waals surface area contributed by atoms with Gasteiger partial charge < -0.3 is 14.4 Å². The minimum absolute atomic E-state index is 0.0520. The Morgan fingerprint density at radius 2 is 2.22 bits per heavy atom. The molecule has 0 aliphatic heterocycles. The number of imidazole rings is 1. The van der Waals surface area contributed by atoms with E-state index in [1.807, 2.05) is 6.07 Å². The van der Waals surface area contributed by atoms with Crippen molar-refractivity contribution in [3.8, 4) is 17.6 Å². The summed E-state index contributed by atoms with van der Waals surface area (Å²) in [6.45, 7) is -1.24. The molecular formula is C15H12F3N3O2. The number of aromatic hydroxyl groups is 1. The quantitative estimate of drug-likeness (QED) is 0.877. The number of alkyl halides is 3. The molecule has 0 aliphatic rings. The van der Waals surface area contributed by atoms with E-state index in [1.165, 1.54) is 31.5 Å². The summed E-state index contributed by atoms with van der Waals surface area (Å²) >= 11 is 0. The number of hydrogen-bond acceptors (Lipinski definition) is 4. The lowest BCUT2D eigenvalue weighted by Crippen LogP contribution is -2.18. The summed E-state index contributed by atoms with van der Waals surface area (Å²) in [6.07, 6.45) is -0.736. The largest absolute Gasteiger partial charge is 0.504 e. The van der Waals surface area contributed by atoms with E-state index in [1.54, 1.807) is 6.07 Å². The Labute approximate surface area is 129 Å². The van der Waals surface area contributed by atoms with Crippen molar-refractivity contribution in [2.75, 3.05) is 7.11 Å². The molecule has 0 amide bonds. The Hall–Kier alpha value is -2.95. The minimum atomic E-state index is -4.42. The number of rotatable bonds is 4. The minimum Gasteiger partial charge on any atom is -0.504 e. The predicted molar refractivity (Wildman–Crippen MR) is 76.4 cm³/mol. The highest BCUT2D eigenvalue weighted by molar-refractivity contribution is 5.87.